The number of methoxy groups -OCH3 is 1. The van der Waals surface area contributed by atoms with Gasteiger partial charge in [0.1, 0.15) is 0 Å². The molecule has 0 radical (unpaired) electrons. The number of amides is 2. The Bertz CT molecular complexity index is 1100. The SMILES string of the molecule is CCCCN(CCCCN(C)C)C(=O)CN1C[C@H](c2cc(OC)c3c(c2)OCO3)C(C(=O)O)[C@@H]1CCN1CCCC1=O. The predicted molar refractivity (Wildman–Crippen MR) is 158 cm³/mol. The van der Waals surface area contributed by atoms with Gasteiger partial charge in [-0.1, -0.05) is 13.3 Å². The topological polar surface area (TPSA) is 112 Å². The fraction of sp³-hybridized carbons (Fsp3) is 0.710. The van der Waals surface area contributed by atoms with Gasteiger partial charge in [-0.15, -0.1) is 0 Å². The maximum absolute atomic E-state index is 13.8. The summed E-state index contributed by atoms with van der Waals surface area (Å²) in [6.45, 7) is 6.30. The van der Waals surface area contributed by atoms with Crippen LogP contribution in [0.1, 0.15) is 63.4 Å². The second-order valence-electron chi connectivity index (χ2n) is 11.9. The number of carbonyl (C=O) groups is 3. The summed E-state index contributed by atoms with van der Waals surface area (Å²) < 4.78 is 16.8. The minimum atomic E-state index is -0.907. The number of hydrogen-bond acceptors (Lipinski definition) is 8. The van der Waals surface area contributed by atoms with E-state index >= 15 is 0 Å². The number of rotatable bonds is 16. The molecule has 1 aromatic carbocycles. The largest absolute Gasteiger partial charge is 0.493 e. The van der Waals surface area contributed by atoms with E-state index in [1.54, 1.807) is 7.11 Å². The van der Waals surface area contributed by atoms with Gasteiger partial charge < -0.3 is 34.0 Å². The van der Waals surface area contributed by atoms with Crippen molar-refractivity contribution in [2.24, 2.45) is 5.92 Å². The Morgan fingerprint density at radius 2 is 1.88 bits per heavy atom. The van der Waals surface area contributed by atoms with Crippen molar-refractivity contribution in [3.63, 3.8) is 0 Å². The normalized spacial score (nSPS) is 21.9. The molecule has 3 heterocycles. The molecule has 1 aromatic rings. The van der Waals surface area contributed by atoms with Crippen LogP contribution >= 0.6 is 0 Å². The Kier molecular flexibility index (Phi) is 11.3. The molecule has 3 aliphatic heterocycles. The summed E-state index contributed by atoms with van der Waals surface area (Å²) in [6, 6.07) is 3.28. The lowest BCUT2D eigenvalue weighted by atomic mass is 9.84. The van der Waals surface area contributed by atoms with E-state index in [1.807, 2.05) is 40.9 Å². The molecule has 0 aliphatic carbocycles. The quantitative estimate of drug-likeness (QED) is 0.291. The van der Waals surface area contributed by atoms with Crippen LogP contribution in [0.3, 0.4) is 0 Å². The Hall–Kier alpha value is -3.05. The number of carbonyl (C=O) groups excluding carboxylic acids is 2. The maximum Gasteiger partial charge on any atom is 0.308 e. The van der Waals surface area contributed by atoms with Crippen molar-refractivity contribution in [1.82, 2.24) is 19.6 Å². The van der Waals surface area contributed by atoms with E-state index < -0.39 is 17.9 Å². The second kappa shape index (κ2) is 14.9. The van der Waals surface area contributed by atoms with Crippen LogP contribution < -0.4 is 14.2 Å². The average Bonchev–Trinajstić information content (AvgIpc) is 3.69. The third-order valence-electron chi connectivity index (χ3n) is 8.76. The van der Waals surface area contributed by atoms with E-state index in [-0.39, 0.29) is 31.1 Å². The van der Waals surface area contributed by atoms with Crippen LogP contribution in [-0.4, -0.2) is 122 Å². The van der Waals surface area contributed by atoms with Gasteiger partial charge in [-0.25, -0.2) is 0 Å². The molecule has 0 bridgehead atoms. The number of benzene rings is 1. The summed E-state index contributed by atoms with van der Waals surface area (Å²) in [4.78, 5) is 47.0. The number of unbranched alkanes of at least 4 members (excludes halogenated alkanes) is 2. The Labute approximate surface area is 249 Å². The first-order valence-corrected chi connectivity index (χ1v) is 15.4. The van der Waals surface area contributed by atoms with Crippen LogP contribution in [-0.2, 0) is 14.4 Å². The monoisotopic (exact) mass is 588 g/mol. The first-order valence-electron chi connectivity index (χ1n) is 15.4. The van der Waals surface area contributed by atoms with Crippen molar-refractivity contribution in [2.75, 3.05) is 73.8 Å². The smallest absolute Gasteiger partial charge is 0.308 e. The van der Waals surface area contributed by atoms with E-state index in [0.29, 0.717) is 62.8 Å². The number of likely N-dealkylation sites (tertiary alicyclic amines) is 2. The van der Waals surface area contributed by atoms with Crippen molar-refractivity contribution >= 4 is 17.8 Å². The van der Waals surface area contributed by atoms with Crippen molar-refractivity contribution in [2.45, 2.75) is 63.8 Å². The fourth-order valence-electron chi connectivity index (χ4n) is 6.50. The lowest BCUT2D eigenvalue weighted by molar-refractivity contribution is -0.144. The zero-order valence-electron chi connectivity index (χ0n) is 25.7. The van der Waals surface area contributed by atoms with E-state index in [2.05, 4.69) is 11.8 Å². The van der Waals surface area contributed by atoms with Crippen molar-refractivity contribution in [1.29, 1.82) is 0 Å². The average molecular weight is 589 g/mol. The molecule has 3 atom stereocenters. The van der Waals surface area contributed by atoms with Crippen LogP contribution in [0, 0.1) is 5.92 Å². The number of carboxylic acids is 1. The van der Waals surface area contributed by atoms with Gasteiger partial charge in [-0.3, -0.25) is 19.3 Å². The number of carboxylic acid groups (broad SMARTS) is 1. The summed E-state index contributed by atoms with van der Waals surface area (Å²) in [6.07, 6.45) is 5.71. The highest BCUT2D eigenvalue weighted by Crippen LogP contribution is 2.47. The third-order valence-corrected chi connectivity index (χ3v) is 8.76. The highest BCUT2D eigenvalue weighted by Gasteiger charge is 2.48. The molecular weight excluding hydrogens is 540 g/mol. The Morgan fingerprint density at radius 3 is 2.55 bits per heavy atom. The van der Waals surface area contributed by atoms with Crippen LogP contribution in [0.5, 0.6) is 17.2 Å². The number of fused-ring (bicyclic) bond motifs is 1. The highest BCUT2D eigenvalue weighted by molar-refractivity contribution is 5.79. The third kappa shape index (κ3) is 7.66. The molecule has 0 saturated carbocycles. The van der Waals surface area contributed by atoms with E-state index in [9.17, 15) is 19.5 Å². The zero-order valence-corrected chi connectivity index (χ0v) is 25.7. The maximum atomic E-state index is 13.8. The molecule has 11 heteroatoms. The number of aliphatic carboxylic acids is 1. The molecular formula is C31H48N4O7. The molecule has 2 saturated heterocycles. The number of hydrogen-bond donors (Lipinski definition) is 1. The van der Waals surface area contributed by atoms with E-state index in [0.717, 1.165) is 44.2 Å². The minimum absolute atomic E-state index is 0.0311. The van der Waals surface area contributed by atoms with E-state index in [4.69, 9.17) is 14.2 Å². The van der Waals surface area contributed by atoms with Crippen LogP contribution in [0.25, 0.3) is 0 Å². The van der Waals surface area contributed by atoms with Gasteiger partial charge in [-0.2, -0.15) is 0 Å². The lowest BCUT2D eigenvalue weighted by Gasteiger charge is -2.31. The van der Waals surface area contributed by atoms with Crippen LogP contribution in [0.15, 0.2) is 12.1 Å². The van der Waals surface area contributed by atoms with Crippen LogP contribution in [0.4, 0.5) is 0 Å². The van der Waals surface area contributed by atoms with Gasteiger partial charge >= 0.3 is 5.97 Å². The predicted octanol–water partition coefficient (Wildman–Crippen LogP) is 2.88. The molecule has 4 rings (SSSR count). The first-order chi connectivity index (χ1) is 20.2. The number of ether oxygens (including phenoxy) is 3. The van der Waals surface area contributed by atoms with Crippen LogP contribution in [0.2, 0.25) is 0 Å². The molecule has 2 fully saturated rings. The summed E-state index contributed by atoms with van der Waals surface area (Å²) >= 11 is 0. The molecule has 3 aliphatic rings. The van der Waals surface area contributed by atoms with Gasteiger partial charge in [0.25, 0.3) is 0 Å². The lowest BCUT2D eigenvalue weighted by Crippen LogP contribution is -2.45. The van der Waals surface area contributed by atoms with Gasteiger partial charge in [0.05, 0.1) is 19.6 Å². The Balaban J connectivity index is 1.58. The molecule has 1 unspecified atom stereocenters. The van der Waals surface area contributed by atoms with Gasteiger partial charge in [0.15, 0.2) is 11.5 Å². The molecule has 0 spiro atoms. The van der Waals surface area contributed by atoms with Crippen molar-refractivity contribution in [3.05, 3.63) is 17.7 Å². The summed E-state index contributed by atoms with van der Waals surface area (Å²) in [5.74, 6) is -0.357. The molecule has 2 amide bonds. The molecule has 234 valence electrons. The zero-order chi connectivity index (χ0) is 30.2. The molecule has 42 heavy (non-hydrogen) atoms. The molecule has 11 nitrogen and oxygen atoms in total. The van der Waals surface area contributed by atoms with Crippen molar-refractivity contribution < 1.29 is 33.7 Å². The highest BCUT2D eigenvalue weighted by atomic mass is 16.7. The number of nitrogens with zero attached hydrogens (tertiary/aromatic N) is 4. The summed E-state index contributed by atoms with van der Waals surface area (Å²) in [7, 11) is 5.65. The van der Waals surface area contributed by atoms with Crippen molar-refractivity contribution in [3.8, 4) is 17.2 Å². The van der Waals surface area contributed by atoms with Gasteiger partial charge in [-0.05, 0) is 70.4 Å². The Morgan fingerprint density at radius 1 is 1.12 bits per heavy atom. The second-order valence-corrected chi connectivity index (χ2v) is 11.9. The fourth-order valence-corrected chi connectivity index (χ4v) is 6.50. The first kappa shape index (κ1) is 31.9. The van der Waals surface area contributed by atoms with E-state index in [1.165, 1.54) is 0 Å². The van der Waals surface area contributed by atoms with Gasteiger partial charge in [0.2, 0.25) is 24.4 Å². The molecule has 0 aromatic heterocycles. The van der Waals surface area contributed by atoms with Gasteiger partial charge in [0, 0.05) is 51.1 Å². The molecule has 1 N–H and O–H groups in total. The summed E-state index contributed by atoms with van der Waals surface area (Å²) in [5.41, 5.74) is 0.784. The standard InChI is InChI=1S/C31H48N4O7/c1-5-6-13-33(14-8-7-12-32(2)3)28(37)20-35-19-23(22-17-25(40-4)30-26(18-22)41-21-42-30)29(31(38)39)24(35)11-16-34-15-9-10-27(34)36/h17-18,23-24,29H,5-16,19-21H2,1-4H3,(H,38,39)/t23-,24+,29?/m1/s1. The minimum Gasteiger partial charge on any atom is -0.493 e. The summed E-state index contributed by atoms with van der Waals surface area (Å²) in [5, 5.41) is 10.6.